The lowest BCUT2D eigenvalue weighted by molar-refractivity contribution is -0.127. The fourth-order valence-corrected chi connectivity index (χ4v) is 3.43. The van der Waals surface area contributed by atoms with Crippen LogP contribution in [0.2, 0.25) is 0 Å². The van der Waals surface area contributed by atoms with Gasteiger partial charge in [-0.2, -0.15) is 0 Å². The Balaban J connectivity index is 1.39. The number of aromatic nitrogens is 1. The topological polar surface area (TPSA) is 74.3 Å². The lowest BCUT2D eigenvalue weighted by Gasteiger charge is -2.18. The molecule has 5 nitrogen and oxygen atoms in total. The number of para-hydroxylation sites is 1. The molecule has 3 N–H and O–H groups in total. The van der Waals surface area contributed by atoms with Crippen molar-refractivity contribution < 1.29 is 14.6 Å². The number of phenols is 1. The number of fused-ring (bicyclic) bond motifs is 3. The van der Waals surface area contributed by atoms with E-state index in [1.165, 1.54) is 28.8 Å². The minimum Gasteiger partial charge on any atom is -0.508 e. The summed E-state index contributed by atoms with van der Waals surface area (Å²) in [7, 11) is 0. The number of hydrogen-bond donors (Lipinski definition) is 3. The zero-order valence-corrected chi connectivity index (χ0v) is 14.0. The second-order valence-electron chi connectivity index (χ2n) is 6.50. The number of benzene rings is 2. The summed E-state index contributed by atoms with van der Waals surface area (Å²) in [6, 6.07) is 14.7. The summed E-state index contributed by atoms with van der Waals surface area (Å²) in [5.41, 5.74) is 3.66. The van der Waals surface area contributed by atoms with Crippen molar-refractivity contribution in [1.82, 2.24) is 10.3 Å². The van der Waals surface area contributed by atoms with Crippen LogP contribution in [0.1, 0.15) is 18.2 Å². The van der Waals surface area contributed by atoms with Gasteiger partial charge in [0.2, 0.25) is 0 Å². The maximum absolute atomic E-state index is 12.4. The summed E-state index contributed by atoms with van der Waals surface area (Å²) in [6.07, 6.45) is 1.04. The molecule has 0 fully saturated rings. The third kappa shape index (κ3) is 3.05. The number of amides is 1. The number of ether oxygens (including phenoxy) is 1. The van der Waals surface area contributed by atoms with Crippen LogP contribution in [0.25, 0.3) is 10.9 Å². The van der Waals surface area contributed by atoms with Crippen LogP contribution in [-0.2, 0) is 17.6 Å². The fraction of sp³-hybridized carbons (Fsp3) is 0.250. The predicted octanol–water partition coefficient (Wildman–Crippen LogP) is 2.92. The number of aromatic hydroxyl groups is 1. The van der Waals surface area contributed by atoms with Crippen molar-refractivity contribution in [2.24, 2.45) is 0 Å². The average Bonchev–Trinajstić information content (AvgIpc) is 3.14. The number of carbonyl (C=O) groups is 1. The molecular formula is C20H20N2O3. The molecule has 2 atom stereocenters. The molecule has 0 spiro atoms. The molecule has 1 amide bonds. The molecule has 0 aliphatic heterocycles. The molecule has 2 unspecified atom stereocenters. The van der Waals surface area contributed by atoms with Gasteiger partial charge in [-0.25, -0.2) is 0 Å². The second kappa shape index (κ2) is 6.16. The second-order valence-corrected chi connectivity index (χ2v) is 6.50. The molecule has 0 saturated carbocycles. The minimum absolute atomic E-state index is 0.0872. The van der Waals surface area contributed by atoms with Crippen LogP contribution in [0.15, 0.2) is 48.5 Å². The molecule has 4 rings (SSSR count). The van der Waals surface area contributed by atoms with Crippen molar-refractivity contribution in [3.8, 4) is 11.5 Å². The SMILES string of the molecule is CC(Oc1ccc(O)cc1)C(=O)NC1Cc2[nH]c3ccccc3c2C1. The van der Waals surface area contributed by atoms with Crippen LogP contribution < -0.4 is 10.1 Å². The first-order chi connectivity index (χ1) is 12.1. The molecule has 2 aromatic carbocycles. The highest BCUT2D eigenvalue weighted by molar-refractivity contribution is 5.86. The van der Waals surface area contributed by atoms with E-state index in [1.807, 2.05) is 12.1 Å². The smallest absolute Gasteiger partial charge is 0.261 e. The number of H-pyrrole nitrogens is 1. The van der Waals surface area contributed by atoms with Crippen LogP contribution in [0.3, 0.4) is 0 Å². The molecule has 1 aromatic heterocycles. The molecule has 5 heteroatoms. The van der Waals surface area contributed by atoms with E-state index in [-0.39, 0.29) is 17.7 Å². The van der Waals surface area contributed by atoms with E-state index in [0.29, 0.717) is 5.75 Å². The van der Waals surface area contributed by atoms with Crippen LogP contribution in [-0.4, -0.2) is 28.1 Å². The molecule has 0 radical (unpaired) electrons. The number of carbonyl (C=O) groups excluding carboxylic acids is 1. The normalized spacial score (nSPS) is 17.2. The third-order valence-corrected chi connectivity index (χ3v) is 4.67. The molecule has 1 heterocycles. The highest BCUT2D eigenvalue weighted by Crippen LogP contribution is 2.30. The zero-order chi connectivity index (χ0) is 17.4. The van der Waals surface area contributed by atoms with E-state index in [2.05, 4.69) is 22.4 Å². The summed E-state index contributed by atoms with van der Waals surface area (Å²) in [5.74, 6) is 0.597. The lowest BCUT2D eigenvalue weighted by Crippen LogP contribution is -2.43. The molecule has 25 heavy (non-hydrogen) atoms. The van der Waals surface area contributed by atoms with E-state index < -0.39 is 6.10 Å². The number of phenolic OH excluding ortho intramolecular Hbond substituents is 1. The fourth-order valence-electron chi connectivity index (χ4n) is 3.43. The Labute approximate surface area is 145 Å². The van der Waals surface area contributed by atoms with Gasteiger partial charge in [0, 0.05) is 29.1 Å². The maximum atomic E-state index is 12.4. The number of nitrogens with one attached hydrogen (secondary N) is 2. The first-order valence-corrected chi connectivity index (χ1v) is 8.44. The molecule has 0 saturated heterocycles. The third-order valence-electron chi connectivity index (χ3n) is 4.67. The van der Waals surface area contributed by atoms with Crippen LogP contribution >= 0.6 is 0 Å². The van der Waals surface area contributed by atoms with Gasteiger partial charge >= 0.3 is 0 Å². The summed E-state index contributed by atoms with van der Waals surface area (Å²) in [4.78, 5) is 15.9. The molecule has 0 bridgehead atoms. The highest BCUT2D eigenvalue weighted by atomic mass is 16.5. The van der Waals surface area contributed by atoms with Crippen molar-refractivity contribution in [2.75, 3.05) is 0 Å². The van der Waals surface area contributed by atoms with Crippen molar-refractivity contribution in [1.29, 1.82) is 0 Å². The van der Waals surface area contributed by atoms with Gasteiger partial charge in [-0.05, 0) is 49.2 Å². The van der Waals surface area contributed by atoms with Gasteiger partial charge in [-0.15, -0.1) is 0 Å². The number of aromatic amines is 1. The van der Waals surface area contributed by atoms with E-state index >= 15 is 0 Å². The van der Waals surface area contributed by atoms with E-state index in [9.17, 15) is 9.90 Å². The quantitative estimate of drug-likeness (QED) is 0.686. The first kappa shape index (κ1) is 15.6. The van der Waals surface area contributed by atoms with Crippen LogP contribution in [0.4, 0.5) is 0 Å². The van der Waals surface area contributed by atoms with Gasteiger partial charge in [-0.3, -0.25) is 4.79 Å². The Morgan fingerprint density at radius 1 is 1.20 bits per heavy atom. The molecule has 1 aliphatic carbocycles. The van der Waals surface area contributed by atoms with Gasteiger partial charge in [0.1, 0.15) is 11.5 Å². The van der Waals surface area contributed by atoms with Gasteiger partial charge in [-0.1, -0.05) is 18.2 Å². The monoisotopic (exact) mass is 336 g/mol. The Morgan fingerprint density at radius 2 is 1.96 bits per heavy atom. The summed E-state index contributed by atoms with van der Waals surface area (Å²) < 4.78 is 5.64. The zero-order valence-electron chi connectivity index (χ0n) is 14.0. The van der Waals surface area contributed by atoms with Gasteiger partial charge in [0.15, 0.2) is 6.10 Å². The molecule has 128 valence electrons. The van der Waals surface area contributed by atoms with E-state index in [0.717, 1.165) is 18.4 Å². The van der Waals surface area contributed by atoms with Crippen LogP contribution in [0, 0.1) is 0 Å². The standard InChI is InChI=1S/C20H20N2O3/c1-12(25-15-8-6-14(23)7-9-15)20(24)21-13-10-17-16-4-2-3-5-18(16)22-19(17)11-13/h2-9,12-13,22-23H,10-11H2,1H3,(H,21,24). The van der Waals surface area contributed by atoms with Crippen molar-refractivity contribution in [3.63, 3.8) is 0 Å². The molecule has 1 aliphatic rings. The summed E-state index contributed by atoms with van der Waals surface area (Å²) >= 11 is 0. The van der Waals surface area contributed by atoms with E-state index in [1.54, 1.807) is 19.1 Å². The highest BCUT2D eigenvalue weighted by Gasteiger charge is 2.28. The molecule has 3 aromatic rings. The Bertz CT molecular complexity index is 914. The largest absolute Gasteiger partial charge is 0.508 e. The first-order valence-electron chi connectivity index (χ1n) is 8.44. The molecular weight excluding hydrogens is 316 g/mol. The van der Waals surface area contributed by atoms with Gasteiger partial charge in [0.25, 0.3) is 5.91 Å². The Kier molecular flexibility index (Phi) is 3.84. The number of rotatable bonds is 4. The van der Waals surface area contributed by atoms with Crippen molar-refractivity contribution >= 4 is 16.8 Å². The van der Waals surface area contributed by atoms with Crippen molar-refractivity contribution in [3.05, 3.63) is 59.8 Å². The predicted molar refractivity (Wildman–Crippen MR) is 95.8 cm³/mol. The Hall–Kier alpha value is -2.95. The number of hydrogen-bond acceptors (Lipinski definition) is 3. The average molecular weight is 336 g/mol. The Morgan fingerprint density at radius 3 is 2.76 bits per heavy atom. The summed E-state index contributed by atoms with van der Waals surface area (Å²) in [6.45, 7) is 1.73. The van der Waals surface area contributed by atoms with Crippen molar-refractivity contribution in [2.45, 2.75) is 31.9 Å². The van der Waals surface area contributed by atoms with Gasteiger partial charge < -0.3 is 20.1 Å². The summed E-state index contributed by atoms with van der Waals surface area (Å²) in [5, 5.41) is 13.6. The van der Waals surface area contributed by atoms with Gasteiger partial charge in [0.05, 0.1) is 0 Å². The van der Waals surface area contributed by atoms with E-state index in [4.69, 9.17) is 4.74 Å². The minimum atomic E-state index is -0.597. The van der Waals surface area contributed by atoms with Crippen LogP contribution in [0.5, 0.6) is 11.5 Å². The lowest BCUT2D eigenvalue weighted by atomic mass is 10.1. The maximum Gasteiger partial charge on any atom is 0.261 e.